The van der Waals surface area contributed by atoms with Gasteiger partial charge in [0.2, 0.25) is 0 Å². The van der Waals surface area contributed by atoms with E-state index in [0.717, 1.165) is 23.4 Å². The van der Waals surface area contributed by atoms with Gasteiger partial charge in [0, 0.05) is 27.7 Å². The van der Waals surface area contributed by atoms with Gasteiger partial charge in [-0.2, -0.15) is 0 Å². The van der Waals surface area contributed by atoms with Crippen molar-refractivity contribution >= 4 is 22.5 Å². The van der Waals surface area contributed by atoms with E-state index in [1.165, 1.54) is 35.0 Å². The number of phenols is 1. The molecule has 1 unspecified atom stereocenters. The number of fused-ring (bicyclic) bond motifs is 3. The van der Waals surface area contributed by atoms with Crippen molar-refractivity contribution in [2.45, 2.75) is 31.6 Å². The van der Waals surface area contributed by atoms with Gasteiger partial charge >= 0.3 is 0 Å². The van der Waals surface area contributed by atoms with Crippen LogP contribution in [-0.4, -0.2) is 10.1 Å². The van der Waals surface area contributed by atoms with Gasteiger partial charge in [-0.25, -0.2) is 0 Å². The number of aryl methyl sites for hydroxylation is 1. The first-order valence-corrected chi connectivity index (χ1v) is 8.16. The number of aromatic hydroxyl groups is 1. The molecule has 0 fully saturated rings. The van der Waals surface area contributed by atoms with E-state index in [1.807, 2.05) is 24.3 Å². The van der Waals surface area contributed by atoms with Crippen LogP contribution in [0.15, 0.2) is 42.5 Å². The molecular weight excluding hydrogens is 294 g/mol. The Bertz CT molecular complexity index is 819. The van der Waals surface area contributed by atoms with Crippen LogP contribution in [0.1, 0.15) is 35.6 Å². The number of H-pyrrole nitrogens is 1. The van der Waals surface area contributed by atoms with Gasteiger partial charge in [-0.15, -0.1) is 0 Å². The molecule has 1 aromatic heterocycles. The topological polar surface area (TPSA) is 36.0 Å². The summed E-state index contributed by atoms with van der Waals surface area (Å²) in [6.07, 6.45) is 4.56. The standard InChI is InChI=1S/C19H18ClNO/c20-14-6-4-12(5-7-14)10-13-2-1-3-17-19(13)16-9-8-15(22)11-18(16)21-17/h4-9,11,13,21-22H,1-3,10H2. The third-order valence-corrected chi connectivity index (χ3v) is 4.94. The van der Waals surface area contributed by atoms with Crippen LogP contribution in [0.5, 0.6) is 5.75 Å². The summed E-state index contributed by atoms with van der Waals surface area (Å²) in [5.41, 5.74) is 5.16. The molecule has 0 saturated carbocycles. The highest BCUT2D eigenvalue weighted by atomic mass is 35.5. The number of aromatic amines is 1. The Morgan fingerprint density at radius 2 is 1.95 bits per heavy atom. The van der Waals surface area contributed by atoms with Crippen molar-refractivity contribution in [3.05, 3.63) is 64.3 Å². The van der Waals surface area contributed by atoms with Crippen molar-refractivity contribution in [1.29, 1.82) is 0 Å². The average molecular weight is 312 g/mol. The molecule has 0 bridgehead atoms. The van der Waals surface area contributed by atoms with Gasteiger partial charge in [-0.1, -0.05) is 23.7 Å². The molecule has 3 aromatic rings. The summed E-state index contributed by atoms with van der Waals surface area (Å²) in [5, 5.41) is 11.7. The van der Waals surface area contributed by atoms with Crippen molar-refractivity contribution < 1.29 is 5.11 Å². The number of benzene rings is 2. The van der Waals surface area contributed by atoms with Gasteiger partial charge in [-0.05, 0) is 67.0 Å². The molecule has 0 radical (unpaired) electrons. The monoisotopic (exact) mass is 311 g/mol. The molecule has 0 spiro atoms. The van der Waals surface area contributed by atoms with Gasteiger partial charge in [0.25, 0.3) is 0 Å². The average Bonchev–Trinajstić information content (AvgIpc) is 2.88. The lowest BCUT2D eigenvalue weighted by atomic mass is 9.81. The van der Waals surface area contributed by atoms with E-state index in [2.05, 4.69) is 17.1 Å². The minimum absolute atomic E-state index is 0.320. The second-order valence-electron chi connectivity index (χ2n) is 6.17. The molecule has 1 heterocycles. The molecule has 0 amide bonds. The van der Waals surface area contributed by atoms with Crippen molar-refractivity contribution in [2.75, 3.05) is 0 Å². The van der Waals surface area contributed by atoms with Crippen LogP contribution in [0.25, 0.3) is 10.9 Å². The van der Waals surface area contributed by atoms with E-state index >= 15 is 0 Å². The lowest BCUT2D eigenvalue weighted by Gasteiger charge is -2.23. The summed E-state index contributed by atoms with van der Waals surface area (Å²) in [5.74, 6) is 0.851. The van der Waals surface area contributed by atoms with Crippen LogP contribution >= 0.6 is 11.6 Å². The first kappa shape index (κ1) is 13.7. The van der Waals surface area contributed by atoms with Crippen LogP contribution in [0, 0.1) is 0 Å². The van der Waals surface area contributed by atoms with Crippen molar-refractivity contribution in [2.24, 2.45) is 0 Å². The van der Waals surface area contributed by atoms with E-state index in [9.17, 15) is 5.11 Å². The molecule has 2 aromatic carbocycles. The number of hydrogen-bond donors (Lipinski definition) is 2. The summed E-state index contributed by atoms with van der Waals surface area (Å²) in [6.45, 7) is 0. The summed E-state index contributed by atoms with van der Waals surface area (Å²) in [6, 6.07) is 13.8. The molecule has 1 atom stereocenters. The molecule has 112 valence electrons. The van der Waals surface area contributed by atoms with Crippen LogP contribution in [0.3, 0.4) is 0 Å². The van der Waals surface area contributed by atoms with Crippen LogP contribution in [0.2, 0.25) is 5.02 Å². The maximum atomic E-state index is 9.69. The van der Waals surface area contributed by atoms with E-state index in [-0.39, 0.29) is 0 Å². The first-order valence-electron chi connectivity index (χ1n) is 7.78. The molecule has 1 aliphatic rings. The molecular formula is C19H18ClNO. The smallest absolute Gasteiger partial charge is 0.117 e. The number of halogens is 1. The van der Waals surface area contributed by atoms with E-state index in [1.54, 1.807) is 6.07 Å². The highest BCUT2D eigenvalue weighted by Gasteiger charge is 2.24. The van der Waals surface area contributed by atoms with E-state index in [4.69, 9.17) is 11.6 Å². The van der Waals surface area contributed by atoms with Gasteiger partial charge < -0.3 is 10.1 Å². The quantitative estimate of drug-likeness (QED) is 0.671. The third kappa shape index (κ3) is 2.38. The maximum Gasteiger partial charge on any atom is 0.117 e. The van der Waals surface area contributed by atoms with E-state index < -0.39 is 0 Å². The van der Waals surface area contributed by atoms with E-state index in [0.29, 0.717) is 11.7 Å². The minimum atomic E-state index is 0.320. The Kier molecular flexibility index (Phi) is 3.34. The number of rotatable bonds is 2. The minimum Gasteiger partial charge on any atom is -0.508 e. The Morgan fingerprint density at radius 1 is 1.14 bits per heavy atom. The van der Waals surface area contributed by atoms with Gasteiger partial charge in [0.05, 0.1) is 0 Å². The van der Waals surface area contributed by atoms with Gasteiger partial charge in [-0.3, -0.25) is 0 Å². The zero-order valence-electron chi connectivity index (χ0n) is 12.3. The van der Waals surface area contributed by atoms with Crippen LogP contribution in [-0.2, 0) is 12.8 Å². The number of phenolic OH excluding ortho intramolecular Hbond substituents is 1. The SMILES string of the molecule is Oc1ccc2c3c([nH]c2c1)CCCC3Cc1ccc(Cl)cc1. The summed E-state index contributed by atoms with van der Waals surface area (Å²) in [4.78, 5) is 3.50. The second kappa shape index (κ2) is 5.36. The highest BCUT2D eigenvalue weighted by molar-refractivity contribution is 6.30. The summed E-state index contributed by atoms with van der Waals surface area (Å²) < 4.78 is 0. The second-order valence-corrected chi connectivity index (χ2v) is 6.60. The molecule has 1 aliphatic carbocycles. The largest absolute Gasteiger partial charge is 0.508 e. The van der Waals surface area contributed by atoms with Crippen molar-refractivity contribution in [3.8, 4) is 5.75 Å². The number of hydrogen-bond acceptors (Lipinski definition) is 1. The maximum absolute atomic E-state index is 9.69. The summed E-state index contributed by atoms with van der Waals surface area (Å²) >= 11 is 5.98. The molecule has 3 heteroatoms. The van der Waals surface area contributed by atoms with Crippen molar-refractivity contribution in [3.63, 3.8) is 0 Å². The molecule has 0 saturated heterocycles. The molecule has 4 rings (SSSR count). The first-order chi connectivity index (χ1) is 10.7. The normalized spacial score (nSPS) is 17.6. The molecule has 2 N–H and O–H groups in total. The Hall–Kier alpha value is -1.93. The fourth-order valence-corrected chi connectivity index (χ4v) is 3.83. The Balaban J connectivity index is 1.74. The van der Waals surface area contributed by atoms with Gasteiger partial charge in [0.15, 0.2) is 0 Å². The Labute approximate surface area is 134 Å². The predicted molar refractivity (Wildman–Crippen MR) is 90.8 cm³/mol. The Morgan fingerprint density at radius 3 is 2.77 bits per heavy atom. The van der Waals surface area contributed by atoms with Crippen molar-refractivity contribution in [1.82, 2.24) is 4.98 Å². The van der Waals surface area contributed by atoms with Gasteiger partial charge in [0.1, 0.15) is 5.75 Å². The number of nitrogens with one attached hydrogen (secondary N) is 1. The molecule has 2 nitrogen and oxygen atoms in total. The lowest BCUT2D eigenvalue weighted by molar-refractivity contribution is 0.476. The van der Waals surface area contributed by atoms with Crippen LogP contribution < -0.4 is 0 Å². The number of aromatic nitrogens is 1. The van der Waals surface area contributed by atoms with Crippen LogP contribution in [0.4, 0.5) is 0 Å². The molecule has 0 aliphatic heterocycles. The zero-order chi connectivity index (χ0) is 15.1. The fourth-order valence-electron chi connectivity index (χ4n) is 3.71. The molecule has 22 heavy (non-hydrogen) atoms. The zero-order valence-corrected chi connectivity index (χ0v) is 13.0. The predicted octanol–water partition coefficient (Wildman–Crippen LogP) is 5.19. The fraction of sp³-hybridized carbons (Fsp3) is 0.263. The third-order valence-electron chi connectivity index (χ3n) is 4.69. The summed E-state index contributed by atoms with van der Waals surface area (Å²) in [7, 11) is 0. The highest BCUT2D eigenvalue weighted by Crippen LogP contribution is 2.39. The lowest BCUT2D eigenvalue weighted by Crippen LogP contribution is -2.11.